The highest BCUT2D eigenvalue weighted by Crippen LogP contribution is 2.34. The van der Waals surface area contributed by atoms with Gasteiger partial charge in [-0.25, -0.2) is 4.39 Å². The highest BCUT2D eigenvalue weighted by molar-refractivity contribution is 7.99. The maximum absolute atomic E-state index is 13.5. The third-order valence-electron chi connectivity index (χ3n) is 5.59. The van der Waals surface area contributed by atoms with Crippen LogP contribution in [0, 0.1) is 5.82 Å². The molecule has 0 atom stereocenters. The zero-order chi connectivity index (χ0) is 22.6. The number of hydrogen-bond acceptors (Lipinski definition) is 7. The predicted molar refractivity (Wildman–Crippen MR) is 122 cm³/mol. The van der Waals surface area contributed by atoms with E-state index in [1.807, 2.05) is 4.57 Å². The van der Waals surface area contributed by atoms with Crippen molar-refractivity contribution in [2.45, 2.75) is 31.0 Å². The van der Waals surface area contributed by atoms with E-state index in [-0.39, 0.29) is 24.3 Å². The number of nitrogens with zero attached hydrogens (tertiary/aromatic N) is 4. The number of amides is 1. The summed E-state index contributed by atoms with van der Waals surface area (Å²) in [5, 5.41) is 12.2. The van der Waals surface area contributed by atoms with Crippen LogP contribution in [-0.2, 0) is 11.3 Å². The Morgan fingerprint density at radius 3 is 2.64 bits per heavy atom. The summed E-state index contributed by atoms with van der Waals surface area (Å²) in [7, 11) is 0. The normalized spacial score (nSPS) is 15.5. The molecular weight excluding hydrogens is 445 g/mol. The average molecular weight is 470 g/mol. The van der Waals surface area contributed by atoms with Gasteiger partial charge in [-0.15, -0.1) is 10.2 Å². The van der Waals surface area contributed by atoms with Crippen molar-refractivity contribution in [3.05, 3.63) is 54.1 Å². The summed E-state index contributed by atoms with van der Waals surface area (Å²) in [4.78, 5) is 14.9. The number of ether oxygens (including phenoxy) is 2. The van der Waals surface area contributed by atoms with Crippen LogP contribution in [0.5, 0.6) is 11.5 Å². The summed E-state index contributed by atoms with van der Waals surface area (Å²) < 4.78 is 26.1. The van der Waals surface area contributed by atoms with Gasteiger partial charge >= 0.3 is 0 Å². The number of benzene rings is 2. The molecule has 3 aromatic rings. The van der Waals surface area contributed by atoms with Crippen molar-refractivity contribution in [2.24, 2.45) is 0 Å². The van der Waals surface area contributed by atoms with Crippen LogP contribution >= 0.6 is 11.8 Å². The number of nitrogens with one attached hydrogen (secondary N) is 1. The van der Waals surface area contributed by atoms with Gasteiger partial charge in [0.15, 0.2) is 22.5 Å². The van der Waals surface area contributed by atoms with Gasteiger partial charge in [0.2, 0.25) is 12.7 Å². The standard InChI is InChI=1S/C23H24FN5O3S/c24-16-4-7-18(8-5-16)29-21(13-28-10-2-1-3-11-28)26-27-23(29)33-14-22(30)25-17-6-9-19-20(12-17)32-15-31-19/h4-9,12H,1-3,10-11,13-15H2,(H,25,30). The summed E-state index contributed by atoms with van der Waals surface area (Å²) in [5.74, 6) is 1.72. The van der Waals surface area contributed by atoms with Gasteiger partial charge in [0, 0.05) is 17.4 Å². The third kappa shape index (κ3) is 5.12. The first kappa shape index (κ1) is 21.7. The van der Waals surface area contributed by atoms with Gasteiger partial charge < -0.3 is 14.8 Å². The lowest BCUT2D eigenvalue weighted by Crippen LogP contribution is -2.30. The molecule has 2 aliphatic heterocycles. The molecule has 8 nitrogen and oxygen atoms in total. The number of carbonyl (C=O) groups is 1. The molecule has 1 amide bonds. The maximum Gasteiger partial charge on any atom is 0.234 e. The van der Waals surface area contributed by atoms with E-state index in [9.17, 15) is 9.18 Å². The number of fused-ring (bicyclic) bond motifs is 1. The molecule has 0 bridgehead atoms. The topological polar surface area (TPSA) is 81.5 Å². The number of halogens is 1. The second-order valence-electron chi connectivity index (χ2n) is 7.95. The molecule has 1 fully saturated rings. The first-order chi connectivity index (χ1) is 16.2. The molecule has 10 heteroatoms. The largest absolute Gasteiger partial charge is 0.454 e. The van der Waals surface area contributed by atoms with Crippen LogP contribution < -0.4 is 14.8 Å². The highest BCUT2D eigenvalue weighted by atomic mass is 32.2. The maximum atomic E-state index is 13.5. The summed E-state index contributed by atoms with van der Waals surface area (Å²) in [5.41, 5.74) is 1.41. The van der Waals surface area contributed by atoms with E-state index >= 15 is 0 Å². The first-order valence-electron chi connectivity index (χ1n) is 10.9. The number of carbonyl (C=O) groups excluding carboxylic acids is 1. The van der Waals surface area contributed by atoms with Crippen LogP contribution in [-0.4, -0.2) is 51.2 Å². The monoisotopic (exact) mass is 469 g/mol. The second-order valence-corrected chi connectivity index (χ2v) is 8.89. The molecule has 0 spiro atoms. The fourth-order valence-electron chi connectivity index (χ4n) is 3.96. The number of thioether (sulfide) groups is 1. The fourth-order valence-corrected chi connectivity index (χ4v) is 4.74. The number of aromatic nitrogens is 3. The van der Waals surface area contributed by atoms with Crippen LogP contribution in [0.3, 0.4) is 0 Å². The lowest BCUT2D eigenvalue weighted by Gasteiger charge is -2.26. The Morgan fingerprint density at radius 2 is 1.82 bits per heavy atom. The molecule has 2 aromatic carbocycles. The average Bonchev–Trinajstić information content (AvgIpc) is 3.45. The minimum atomic E-state index is -0.304. The van der Waals surface area contributed by atoms with Crippen molar-refractivity contribution in [2.75, 3.05) is 31.0 Å². The molecule has 172 valence electrons. The minimum Gasteiger partial charge on any atom is -0.454 e. The van der Waals surface area contributed by atoms with Gasteiger partial charge in [0.05, 0.1) is 12.3 Å². The third-order valence-corrected chi connectivity index (χ3v) is 6.52. The van der Waals surface area contributed by atoms with E-state index in [4.69, 9.17) is 9.47 Å². The lowest BCUT2D eigenvalue weighted by atomic mass is 10.1. The van der Waals surface area contributed by atoms with Crippen molar-refractivity contribution < 1.29 is 18.7 Å². The lowest BCUT2D eigenvalue weighted by molar-refractivity contribution is -0.113. The molecule has 5 rings (SSSR count). The van der Waals surface area contributed by atoms with E-state index < -0.39 is 0 Å². The number of rotatable bonds is 7. The van der Waals surface area contributed by atoms with E-state index in [0.717, 1.165) is 24.6 Å². The van der Waals surface area contributed by atoms with Gasteiger partial charge in [-0.2, -0.15) is 0 Å². The quantitative estimate of drug-likeness (QED) is 0.527. The molecule has 0 radical (unpaired) electrons. The van der Waals surface area contributed by atoms with Crippen LogP contribution in [0.4, 0.5) is 10.1 Å². The van der Waals surface area contributed by atoms with Crippen molar-refractivity contribution in [3.8, 4) is 17.2 Å². The van der Waals surface area contributed by atoms with Crippen LogP contribution in [0.2, 0.25) is 0 Å². The van der Waals surface area contributed by atoms with Gasteiger partial charge in [-0.3, -0.25) is 14.3 Å². The number of likely N-dealkylation sites (tertiary alicyclic amines) is 1. The summed E-state index contributed by atoms with van der Waals surface area (Å²) in [6.45, 7) is 2.89. The van der Waals surface area contributed by atoms with E-state index in [2.05, 4.69) is 20.4 Å². The van der Waals surface area contributed by atoms with Gasteiger partial charge in [0.25, 0.3) is 0 Å². The Hall–Kier alpha value is -3.11. The predicted octanol–water partition coefficient (Wildman–Crippen LogP) is 3.85. The number of anilines is 1. The Labute approximate surface area is 195 Å². The molecule has 1 saturated heterocycles. The molecule has 33 heavy (non-hydrogen) atoms. The molecular formula is C23H24FN5O3S. The van der Waals surface area contributed by atoms with E-state index in [1.165, 1.54) is 43.2 Å². The fraction of sp³-hybridized carbons (Fsp3) is 0.348. The smallest absolute Gasteiger partial charge is 0.234 e. The zero-order valence-corrected chi connectivity index (χ0v) is 18.8. The first-order valence-corrected chi connectivity index (χ1v) is 11.9. The molecule has 1 aromatic heterocycles. The Kier molecular flexibility index (Phi) is 6.45. The Balaban J connectivity index is 1.30. The van der Waals surface area contributed by atoms with E-state index in [1.54, 1.807) is 30.3 Å². The number of piperidine rings is 1. The summed E-state index contributed by atoms with van der Waals surface area (Å²) >= 11 is 1.29. The zero-order valence-electron chi connectivity index (χ0n) is 18.0. The molecule has 0 aliphatic carbocycles. The molecule has 2 aliphatic rings. The molecule has 1 N–H and O–H groups in total. The van der Waals surface area contributed by atoms with Crippen LogP contribution in [0.15, 0.2) is 47.6 Å². The SMILES string of the molecule is O=C(CSc1nnc(CN2CCCCC2)n1-c1ccc(F)cc1)Nc1ccc2c(c1)OCO2. The van der Waals surface area contributed by atoms with Gasteiger partial charge in [0.1, 0.15) is 5.82 Å². The molecule has 3 heterocycles. The Bertz CT molecular complexity index is 1130. The van der Waals surface area contributed by atoms with Crippen LogP contribution in [0.1, 0.15) is 25.1 Å². The molecule has 0 unspecified atom stereocenters. The van der Waals surface area contributed by atoms with Crippen molar-refractivity contribution in [1.82, 2.24) is 19.7 Å². The van der Waals surface area contributed by atoms with Gasteiger partial charge in [-0.1, -0.05) is 18.2 Å². The van der Waals surface area contributed by atoms with E-state index in [0.29, 0.717) is 28.9 Å². The van der Waals surface area contributed by atoms with Crippen molar-refractivity contribution in [1.29, 1.82) is 0 Å². The minimum absolute atomic E-state index is 0.150. The second kappa shape index (κ2) is 9.80. The summed E-state index contributed by atoms with van der Waals surface area (Å²) in [6.07, 6.45) is 3.60. The van der Waals surface area contributed by atoms with Gasteiger partial charge in [-0.05, 0) is 62.3 Å². The highest BCUT2D eigenvalue weighted by Gasteiger charge is 2.20. The number of hydrogen-bond donors (Lipinski definition) is 1. The Morgan fingerprint density at radius 1 is 1.03 bits per heavy atom. The van der Waals surface area contributed by atoms with Crippen LogP contribution in [0.25, 0.3) is 5.69 Å². The van der Waals surface area contributed by atoms with Crippen molar-refractivity contribution in [3.63, 3.8) is 0 Å². The van der Waals surface area contributed by atoms with Crippen molar-refractivity contribution >= 4 is 23.4 Å². The molecule has 0 saturated carbocycles. The summed E-state index contributed by atoms with van der Waals surface area (Å²) in [6, 6.07) is 11.5.